The molecule has 4 rings (SSSR count). The summed E-state index contributed by atoms with van der Waals surface area (Å²) in [5, 5.41) is 5.45. The van der Waals surface area contributed by atoms with Gasteiger partial charge >= 0.3 is 11.8 Å². The van der Waals surface area contributed by atoms with E-state index in [4.69, 9.17) is 0 Å². The number of carbonyl (C=O) groups is 2. The van der Waals surface area contributed by atoms with E-state index in [0.717, 1.165) is 49.4 Å². The van der Waals surface area contributed by atoms with Gasteiger partial charge in [0.1, 0.15) is 5.82 Å². The predicted molar refractivity (Wildman–Crippen MR) is 135 cm³/mol. The van der Waals surface area contributed by atoms with Gasteiger partial charge in [-0.1, -0.05) is 25.1 Å². The minimum absolute atomic E-state index is 0.125. The maximum Gasteiger partial charge on any atom is 0.313 e. The SMILES string of the molecule is CCc1ccc(NC(=O)C(=O)NC[C@H](c2cccnc2)N2CCN(c3ccc(F)cc3)CC2)cc1. The van der Waals surface area contributed by atoms with Crippen LogP contribution < -0.4 is 15.5 Å². The molecule has 0 saturated carbocycles. The lowest BCUT2D eigenvalue weighted by Gasteiger charge is -2.40. The van der Waals surface area contributed by atoms with Gasteiger partial charge in [-0.25, -0.2) is 4.39 Å². The third kappa shape index (κ3) is 6.42. The molecule has 1 atom stereocenters. The standard InChI is InChI=1S/C27H30FN5O2/c1-2-20-5-9-23(10-6-20)31-27(35)26(34)30-19-25(21-4-3-13-29-18-21)33-16-14-32(15-17-33)24-11-7-22(28)8-12-24/h3-13,18,25H,2,14-17,19H2,1H3,(H,30,34)(H,31,35)/t25-/m1/s1. The van der Waals surface area contributed by atoms with E-state index < -0.39 is 11.8 Å². The normalized spacial score (nSPS) is 14.9. The van der Waals surface area contributed by atoms with E-state index in [9.17, 15) is 14.0 Å². The molecule has 3 aromatic rings. The number of piperazine rings is 1. The van der Waals surface area contributed by atoms with Crippen LogP contribution in [0.5, 0.6) is 0 Å². The Balaban J connectivity index is 1.37. The van der Waals surface area contributed by atoms with E-state index in [0.29, 0.717) is 5.69 Å². The Morgan fingerprint density at radius 3 is 2.31 bits per heavy atom. The summed E-state index contributed by atoms with van der Waals surface area (Å²) < 4.78 is 13.3. The molecule has 0 aliphatic carbocycles. The van der Waals surface area contributed by atoms with Gasteiger partial charge in [0.25, 0.3) is 0 Å². The maximum atomic E-state index is 13.3. The van der Waals surface area contributed by atoms with Crippen molar-refractivity contribution in [3.8, 4) is 0 Å². The number of benzene rings is 2. The number of halogens is 1. The topological polar surface area (TPSA) is 77.6 Å². The summed E-state index contributed by atoms with van der Waals surface area (Å²) in [6.45, 7) is 5.38. The fraction of sp³-hybridized carbons (Fsp3) is 0.296. The van der Waals surface area contributed by atoms with E-state index in [-0.39, 0.29) is 18.4 Å². The van der Waals surface area contributed by atoms with Crippen molar-refractivity contribution in [3.63, 3.8) is 0 Å². The lowest BCUT2D eigenvalue weighted by Crippen LogP contribution is -2.50. The zero-order valence-corrected chi connectivity index (χ0v) is 19.8. The maximum absolute atomic E-state index is 13.3. The van der Waals surface area contributed by atoms with Gasteiger partial charge in [0.05, 0.1) is 6.04 Å². The summed E-state index contributed by atoms with van der Waals surface area (Å²) in [6, 6.07) is 17.7. The number of rotatable bonds is 7. The van der Waals surface area contributed by atoms with Crippen molar-refractivity contribution in [2.75, 3.05) is 42.9 Å². The number of nitrogens with one attached hydrogen (secondary N) is 2. The molecule has 8 heteroatoms. The monoisotopic (exact) mass is 475 g/mol. The minimum Gasteiger partial charge on any atom is -0.369 e. The van der Waals surface area contributed by atoms with Gasteiger partial charge in [-0.05, 0) is 60.0 Å². The molecule has 35 heavy (non-hydrogen) atoms. The van der Waals surface area contributed by atoms with Crippen molar-refractivity contribution < 1.29 is 14.0 Å². The number of aromatic nitrogens is 1. The van der Waals surface area contributed by atoms with Crippen molar-refractivity contribution >= 4 is 23.2 Å². The third-order valence-corrected chi connectivity index (χ3v) is 6.30. The molecule has 182 valence electrons. The van der Waals surface area contributed by atoms with Crippen molar-refractivity contribution in [3.05, 3.63) is 90.0 Å². The van der Waals surface area contributed by atoms with E-state index in [1.165, 1.54) is 12.1 Å². The van der Waals surface area contributed by atoms with E-state index in [1.807, 2.05) is 24.3 Å². The van der Waals surface area contributed by atoms with Crippen LogP contribution in [-0.2, 0) is 16.0 Å². The summed E-state index contributed by atoms with van der Waals surface area (Å²) in [6.07, 6.45) is 4.41. The molecule has 1 aliphatic heterocycles. The average Bonchev–Trinajstić information content (AvgIpc) is 2.90. The summed E-state index contributed by atoms with van der Waals surface area (Å²) in [7, 11) is 0. The molecule has 1 aliphatic rings. The number of nitrogens with zero attached hydrogens (tertiary/aromatic N) is 3. The number of anilines is 2. The highest BCUT2D eigenvalue weighted by Crippen LogP contribution is 2.24. The van der Waals surface area contributed by atoms with Crippen molar-refractivity contribution in [1.82, 2.24) is 15.2 Å². The van der Waals surface area contributed by atoms with E-state index >= 15 is 0 Å². The van der Waals surface area contributed by atoms with Crippen LogP contribution in [0.3, 0.4) is 0 Å². The Kier molecular flexibility index (Phi) is 8.05. The molecule has 0 radical (unpaired) electrons. The lowest BCUT2D eigenvalue weighted by molar-refractivity contribution is -0.136. The molecule has 0 spiro atoms. The first-order chi connectivity index (χ1) is 17.0. The van der Waals surface area contributed by atoms with Gasteiger partial charge in [0.15, 0.2) is 0 Å². The Morgan fingerprint density at radius 2 is 1.69 bits per heavy atom. The van der Waals surface area contributed by atoms with Crippen molar-refractivity contribution in [2.24, 2.45) is 0 Å². The second kappa shape index (κ2) is 11.6. The first kappa shape index (κ1) is 24.3. The summed E-state index contributed by atoms with van der Waals surface area (Å²) in [5.41, 5.74) is 3.70. The number of hydrogen-bond acceptors (Lipinski definition) is 5. The van der Waals surface area contributed by atoms with Crippen LogP contribution in [0, 0.1) is 5.82 Å². The molecular formula is C27H30FN5O2. The van der Waals surface area contributed by atoms with Crippen molar-refractivity contribution in [2.45, 2.75) is 19.4 Å². The third-order valence-electron chi connectivity index (χ3n) is 6.30. The summed E-state index contributed by atoms with van der Waals surface area (Å²) in [5.74, 6) is -1.62. The number of aryl methyl sites for hydroxylation is 1. The van der Waals surface area contributed by atoms with Crippen LogP contribution in [0.4, 0.5) is 15.8 Å². The molecule has 1 fully saturated rings. The highest BCUT2D eigenvalue weighted by atomic mass is 19.1. The molecule has 0 unspecified atom stereocenters. The van der Waals surface area contributed by atoms with Crippen LogP contribution in [0.15, 0.2) is 73.1 Å². The number of carbonyl (C=O) groups excluding carboxylic acids is 2. The second-order valence-electron chi connectivity index (χ2n) is 8.52. The fourth-order valence-corrected chi connectivity index (χ4v) is 4.26. The predicted octanol–water partition coefficient (Wildman–Crippen LogP) is 3.40. The van der Waals surface area contributed by atoms with Crippen LogP contribution in [-0.4, -0.2) is 54.4 Å². The molecule has 0 bridgehead atoms. The number of pyridine rings is 1. The van der Waals surface area contributed by atoms with Crippen LogP contribution in [0.25, 0.3) is 0 Å². The van der Waals surface area contributed by atoms with Crippen molar-refractivity contribution in [1.29, 1.82) is 0 Å². The average molecular weight is 476 g/mol. The second-order valence-corrected chi connectivity index (χ2v) is 8.52. The number of hydrogen-bond donors (Lipinski definition) is 2. The quantitative estimate of drug-likeness (QED) is 0.512. The molecule has 1 saturated heterocycles. The highest BCUT2D eigenvalue weighted by molar-refractivity contribution is 6.39. The van der Waals surface area contributed by atoms with Gasteiger partial charge in [0.2, 0.25) is 0 Å². The Bertz CT molecular complexity index is 1110. The molecule has 2 heterocycles. The fourth-order valence-electron chi connectivity index (χ4n) is 4.26. The first-order valence-corrected chi connectivity index (χ1v) is 11.9. The minimum atomic E-state index is -0.694. The molecular weight excluding hydrogens is 445 g/mol. The van der Waals surface area contributed by atoms with E-state index in [2.05, 4.69) is 32.3 Å². The molecule has 2 N–H and O–H groups in total. The Labute approximate surface area is 205 Å². The zero-order chi connectivity index (χ0) is 24.6. The highest BCUT2D eigenvalue weighted by Gasteiger charge is 2.27. The van der Waals surface area contributed by atoms with Gasteiger partial charge < -0.3 is 15.5 Å². The lowest BCUT2D eigenvalue weighted by atomic mass is 10.1. The van der Waals surface area contributed by atoms with Gasteiger partial charge in [-0.2, -0.15) is 0 Å². The van der Waals surface area contributed by atoms with Gasteiger partial charge in [-0.3, -0.25) is 19.5 Å². The zero-order valence-electron chi connectivity index (χ0n) is 19.8. The number of amides is 2. The largest absolute Gasteiger partial charge is 0.369 e. The van der Waals surface area contributed by atoms with Crippen LogP contribution >= 0.6 is 0 Å². The van der Waals surface area contributed by atoms with Gasteiger partial charge in [-0.15, -0.1) is 0 Å². The Morgan fingerprint density at radius 1 is 0.971 bits per heavy atom. The summed E-state index contributed by atoms with van der Waals surface area (Å²) in [4.78, 5) is 33.7. The molecule has 2 amide bonds. The van der Waals surface area contributed by atoms with Crippen LogP contribution in [0.1, 0.15) is 24.1 Å². The molecule has 1 aromatic heterocycles. The smallest absolute Gasteiger partial charge is 0.313 e. The summed E-state index contributed by atoms with van der Waals surface area (Å²) >= 11 is 0. The van der Waals surface area contributed by atoms with Crippen LogP contribution in [0.2, 0.25) is 0 Å². The molecule has 7 nitrogen and oxygen atoms in total. The Hall–Kier alpha value is -3.78. The first-order valence-electron chi connectivity index (χ1n) is 11.9. The van der Waals surface area contributed by atoms with E-state index in [1.54, 1.807) is 36.7 Å². The van der Waals surface area contributed by atoms with Gasteiger partial charge in [0, 0.05) is 56.5 Å². The molecule has 2 aromatic carbocycles.